The Hall–Kier alpha value is -6.18. The fraction of sp³-hybridized carbons (Fsp3) is 0.147. The lowest BCUT2D eigenvalue weighted by Gasteiger charge is -2.14. The molecule has 2 amide bonds. The first-order valence-electron chi connectivity index (χ1n) is 14.7. The van der Waals surface area contributed by atoms with Crippen LogP contribution in [0, 0.1) is 6.92 Å². The van der Waals surface area contributed by atoms with E-state index < -0.39 is 23.7 Å². The first kappa shape index (κ1) is 31.8. The maximum Gasteiger partial charge on any atom is 0.416 e. The van der Waals surface area contributed by atoms with Gasteiger partial charge in [0.1, 0.15) is 12.1 Å². The van der Waals surface area contributed by atoms with Crippen LogP contribution >= 0.6 is 0 Å². The zero-order valence-corrected chi connectivity index (χ0v) is 26.1. The maximum atomic E-state index is 13.7. The van der Waals surface area contributed by atoms with Gasteiger partial charge < -0.3 is 25.4 Å². The molecule has 3 aromatic carbocycles. The van der Waals surface area contributed by atoms with E-state index in [0.29, 0.717) is 33.8 Å². The average molecular weight is 654 g/mol. The van der Waals surface area contributed by atoms with Crippen molar-refractivity contribution in [1.82, 2.24) is 29.4 Å². The van der Waals surface area contributed by atoms with Crippen molar-refractivity contribution in [2.24, 2.45) is 0 Å². The van der Waals surface area contributed by atoms with E-state index in [9.17, 15) is 22.8 Å². The van der Waals surface area contributed by atoms with Crippen LogP contribution in [0.5, 0.6) is 0 Å². The molecular formula is C34H30F3N9O2. The molecule has 0 saturated heterocycles. The van der Waals surface area contributed by atoms with E-state index in [4.69, 9.17) is 0 Å². The van der Waals surface area contributed by atoms with Gasteiger partial charge in [-0.05, 0) is 67.1 Å². The number of hydrogen-bond acceptors (Lipinski definition) is 7. The fourth-order valence-electron chi connectivity index (χ4n) is 5.06. The lowest BCUT2D eigenvalue weighted by Crippen LogP contribution is -2.24. The van der Waals surface area contributed by atoms with Gasteiger partial charge in [-0.25, -0.2) is 19.7 Å². The zero-order chi connectivity index (χ0) is 34.0. The van der Waals surface area contributed by atoms with E-state index in [2.05, 4.69) is 30.9 Å². The number of carbonyl (C=O) groups is 2. The lowest BCUT2D eigenvalue weighted by atomic mass is 10.1. The number of alkyl halides is 3. The molecule has 6 rings (SSSR count). The second kappa shape index (κ2) is 12.9. The minimum atomic E-state index is -4.65. The number of nitrogens with one attached hydrogen (secondary N) is 3. The largest absolute Gasteiger partial charge is 0.416 e. The molecule has 0 aliphatic rings. The Bertz CT molecular complexity index is 2140. The molecule has 0 radical (unpaired) electrons. The minimum Gasteiger partial charge on any atom is -0.378 e. The van der Waals surface area contributed by atoms with Crippen LogP contribution in [0.25, 0.3) is 16.7 Å². The number of aryl methyl sites for hydroxylation is 1. The number of fused-ring (bicyclic) bond motifs is 1. The summed E-state index contributed by atoms with van der Waals surface area (Å²) in [7, 11) is 3.90. The van der Waals surface area contributed by atoms with Gasteiger partial charge in [0.15, 0.2) is 5.65 Å². The van der Waals surface area contributed by atoms with Crippen molar-refractivity contribution < 1.29 is 22.8 Å². The normalized spacial score (nSPS) is 11.4. The third-order valence-corrected chi connectivity index (χ3v) is 7.47. The predicted molar refractivity (Wildman–Crippen MR) is 177 cm³/mol. The number of rotatable bonds is 8. The molecule has 3 aromatic heterocycles. The molecule has 3 N–H and O–H groups in total. The van der Waals surface area contributed by atoms with Crippen molar-refractivity contribution in [3.8, 4) is 5.69 Å². The van der Waals surface area contributed by atoms with E-state index in [0.717, 1.165) is 23.5 Å². The topological polar surface area (TPSA) is 122 Å². The van der Waals surface area contributed by atoms with Crippen LogP contribution in [0.1, 0.15) is 27.2 Å². The van der Waals surface area contributed by atoms with Crippen LogP contribution in [-0.4, -0.2) is 50.1 Å². The molecule has 11 nitrogen and oxygen atoms in total. The SMILES string of the molecule is Cc1cn(-c2cc(C(=O)NCc3cccc(NC(=O)n4ccc5c(Nc6cccc(N(C)C)c6)ncnc54)c3)cc(C(F)(F)F)c2)cn1. The predicted octanol–water partition coefficient (Wildman–Crippen LogP) is 6.76. The molecule has 0 aliphatic heterocycles. The molecule has 0 spiro atoms. The molecule has 0 fully saturated rings. The smallest absolute Gasteiger partial charge is 0.378 e. The summed E-state index contributed by atoms with van der Waals surface area (Å²) in [5.41, 5.74) is 2.95. The quantitative estimate of drug-likeness (QED) is 0.166. The molecule has 48 heavy (non-hydrogen) atoms. The summed E-state index contributed by atoms with van der Waals surface area (Å²) in [6, 6.07) is 19.0. The van der Waals surface area contributed by atoms with Crippen LogP contribution in [0.2, 0.25) is 0 Å². The summed E-state index contributed by atoms with van der Waals surface area (Å²) >= 11 is 0. The Morgan fingerprint density at radius 1 is 0.917 bits per heavy atom. The van der Waals surface area contributed by atoms with Crippen LogP contribution in [0.3, 0.4) is 0 Å². The van der Waals surface area contributed by atoms with Gasteiger partial charge in [0.2, 0.25) is 0 Å². The third-order valence-electron chi connectivity index (χ3n) is 7.47. The Labute approximate surface area is 273 Å². The van der Waals surface area contributed by atoms with Gasteiger partial charge in [-0.2, -0.15) is 13.2 Å². The number of halogens is 3. The molecule has 244 valence electrons. The molecule has 0 saturated carbocycles. The molecule has 0 bridgehead atoms. The van der Waals surface area contributed by atoms with Crippen molar-refractivity contribution in [2.45, 2.75) is 19.6 Å². The highest BCUT2D eigenvalue weighted by molar-refractivity contribution is 6.00. The van der Waals surface area contributed by atoms with Gasteiger partial charge in [0, 0.05) is 61.3 Å². The van der Waals surface area contributed by atoms with Crippen molar-refractivity contribution >= 4 is 45.9 Å². The summed E-state index contributed by atoms with van der Waals surface area (Å²) in [6.45, 7) is 1.71. The second-order valence-corrected chi connectivity index (χ2v) is 11.2. The summed E-state index contributed by atoms with van der Waals surface area (Å²) in [6.07, 6.45) is 1.27. The number of amides is 2. The maximum absolute atomic E-state index is 13.7. The number of imidazole rings is 1. The Morgan fingerprint density at radius 2 is 1.71 bits per heavy atom. The van der Waals surface area contributed by atoms with Crippen molar-refractivity contribution in [1.29, 1.82) is 0 Å². The molecule has 6 aromatic rings. The molecular weight excluding hydrogens is 623 g/mol. The van der Waals surface area contributed by atoms with Gasteiger partial charge in [0.05, 0.1) is 23.0 Å². The average Bonchev–Trinajstić information content (AvgIpc) is 3.70. The zero-order valence-electron chi connectivity index (χ0n) is 26.1. The summed E-state index contributed by atoms with van der Waals surface area (Å²) in [4.78, 5) is 41.1. The van der Waals surface area contributed by atoms with Crippen molar-refractivity contribution in [3.05, 3.63) is 120 Å². The van der Waals surface area contributed by atoms with Crippen molar-refractivity contribution in [3.63, 3.8) is 0 Å². The van der Waals surface area contributed by atoms with Gasteiger partial charge in [-0.3, -0.25) is 9.36 Å². The van der Waals surface area contributed by atoms with Crippen LogP contribution in [-0.2, 0) is 12.7 Å². The lowest BCUT2D eigenvalue weighted by molar-refractivity contribution is -0.137. The third kappa shape index (κ3) is 6.97. The van der Waals surface area contributed by atoms with E-state index in [-0.39, 0.29) is 17.8 Å². The standard InChI is InChI=1S/C34H30F3N9O2/c1-21-18-45(20-41-21)28-14-23(13-24(15-28)34(35,36)37)32(47)38-17-22-6-4-7-25(12-22)43-33(48)46-11-10-29-30(39-19-40-31(29)46)42-26-8-5-9-27(16-26)44(2)3/h4-16,18-20H,17H2,1-3H3,(H,38,47)(H,43,48)(H,39,40,42). The second-order valence-electron chi connectivity index (χ2n) is 11.2. The van der Waals surface area contributed by atoms with E-state index >= 15 is 0 Å². The Morgan fingerprint density at radius 3 is 2.46 bits per heavy atom. The molecule has 14 heteroatoms. The van der Waals surface area contributed by atoms with Crippen LogP contribution in [0.4, 0.5) is 40.8 Å². The Kier molecular flexibility index (Phi) is 8.55. The minimum absolute atomic E-state index is 0.00202. The summed E-state index contributed by atoms with van der Waals surface area (Å²) in [5.74, 6) is -0.154. The monoisotopic (exact) mass is 653 g/mol. The Balaban J connectivity index is 1.15. The first-order valence-corrected chi connectivity index (χ1v) is 14.7. The summed E-state index contributed by atoms with van der Waals surface area (Å²) in [5, 5.41) is 9.43. The number of hydrogen-bond donors (Lipinski definition) is 3. The molecule has 3 heterocycles. The highest BCUT2D eigenvalue weighted by atomic mass is 19.4. The van der Waals surface area contributed by atoms with E-state index in [1.54, 1.807) is 49.6 Å². The number of nitrogens with zero attached hydrogens (tertiary/aromatic N) is 6. The van der Waals surface area contributed by atoms with Crippen LogP contribution < -0.4 is 20.9 Å². The van der Waals surface area contributed by atoms with Gasteiger partial charge >= 0.3 is 12.2 Å². The number of aromatic nitrogens is 5. The van der Waals surface area contributed by atoms with E-state index in [1.807, 2.05) is 43.3 Å². The molecule has 0 atom stereocenters. The first-order chi connectivity index (χ1) is 22.9. The number of carbonyl (C=O) groups excluding carboxylic acids is 2. The highest BCUT2D eigenvalue weighted by Gasteiger charge is 2.32. The van der Waals surface area contributed by atoms with Crippen LogP contribution in [0.15, 0.2) is 97.8 Å². The van der Waals surface area contributed by atoms with E-state index in [1.165, 1.54) is 27.9 Å². The number of anilines is 4. The molecule has 0 unspecified atom stereocenters. The summed E-state index contributed by atoms with van der Waals surface area (Å²) < 4.78 is 43.8. The fourth-order valence-corrected chi connectivity index (χ4v) is 5.06. The molecule has 0 aliphatic carbocycles. The van der Waals surface area contributed by atoms with Gasteiger partial charge in [-0.1, -0.05) is 18.2 Å². The van der Waals surface area contributed by atoms with Crippen molar-refractivity contribution in [2.75, 3.05) is 29.6 Å². The highest BCUT2D eigenvalue weighted by Crippen LogP contribution is 2.32. The van der Waals surface area contributed by atoms with Gasteiger partial charge in [0.25, 0.3) is 5.91 Å². The van der Waals surface area contributed by atoms with Gasteiger partial charge in [-0.15, -0.1) is 0 Å². The number of benzene rings is 3.